The molecule has 2 aromatic heterocycles. The highest BCUT2D eigenvalue weighted by molar-refractivity contribution is 8.00. The maximum Gasteiger partial charge on any atom is 0.155 e. The summed E-state index contributed by atoms with van der Waals surface area (Å²) in [5.74, 6) is -2.01. The van der Waals surface area contributed by atoms with Crippen LogP contribution in [0.2, 0.25) is 0 Å². The van der Waals surface area contributed by atoms with E-state index in [9.17, 15) is 8.78 Å². The maximum atomic E-state index is 15.3. The van der Waals surface area contributed by atoms with Gasteiger partial charge < -0.3 is 20.1 Å². The first kappa shape index (κ1) is 20.0. The number of hydrogen-bond acceptors (Lipinski definition) is 6. The van der Waals surface area contributed by atoms with Crippen LogP contribution in [0.25, 0.3) is 22.2 Å². The highest BCUT2D eigenvalue weighted by atomic mass is 32.2. The van der Waals surface area contributed by atoms with Crippen LogP contribution in [0.1, 0.15) is 5.56 Å². The minimum Gasteiger partial charge on any atom is -0.392 e. The third-order valence-electron chi connectivity index (χ3n) is 4.61. The van der Waals surface area contributed by atoms with Gasteiger partial charge >= 0.3 is 0 Å². The van der Waals surface area contributed by atoms with Crippen LogP contribution in [0, 0.1) is 17.5 Å². The van der Waals surface area contributed by atoms with E-state index in [-0.39, 0.29) is 27.5 Å². The topological polar surface area (TPSA) is 89.0 Å². The molecule has 4 aromatic rings. The summed E-state index contributed by atoms with van der Waals surface area (Å²) in [4.78, 5) is 8.19. The van der Waals surface area contributed by atoms with Crippen LogP contribution in [0.5, 0.6) is 0 Å². The van der Waals surface area contributed by atoms with Gasteiger partial charge in [-0.25, -0.2) is 23.1 Å². The summed E-state index contributed by atoms with van der Waals surface area (Å²) in [6.07, 6.45) is 3.04. The van der Waals surface area contributed by atoms with E-state index in [1.54, 1.807) is 29.9 Å². The quantitative estimate of drug-likeness (QED) is 0.410. The fourth-order valence-electron chi connectivity index (χ4n) is 3.14. The van der Waals surface area contributed by atoms with E-state index in [0.29, 0.717) is 22.7 Å². The van der Waals surface area contributed by atoms with Gasteiger partial charge in [0.15, 0.2) is 5.82 Å². The van der Waals surface area contributed by atoms with E-state index in [4.69, 9.17) is 10.8 Å². The molecule has 2 aromatic carbocycles. The van der Waals surface area contributed by atoms with Gasteiger partial charge in [0.05, 0.1) is 22.6 Å². The van der Waals surface area contributed by atoms with Crippen molar-refractivity contribution < 1.29 is 18.3 Å². The molecule has 30 heavy (non-hydrogen) atoms. The fourth-order valence-corrected chi connectivity index (χ4v) is 3.87. The molecule has 0 unspecified atom stereocenters. The number of aliphatic hydroxyl groups excluding tert-OH is 1. The number of nitrogens with two attached hydrogens (primary N) is 1. The summed E-state index contributed by atoms with van der Waals surface area (Å²) in [6.45, 7) is -0.575. The molecule has 10 heteroatoms. The van der Waals surface area contributed by atoms with Crippen molar-refractivity contribution in [2.75, 3.05) is 10.5 Å². The van der Waals surface area contributed by atoms with Gasteiger partial charge in [-0.15, -0.1) is 0 Å². The standard InChI is InChI=1S/C20H16F3N5OS/c1-28-7-12(17-19(24)25-9-26-20(17)28)11-3-2-4-15(18(11)23)27-30-16-5-10(8-29)13(21)6-14(16)22/h2-7,9,27,29H,8H2,1H3,(H2,24,25,26). The Morgan fingerprint density at radius 3 is 2.70 bits per heavy atom. The van der Waals surface area contributed by atoms with Crippen LogP contribution >= 0.6 is 11.9 Å². The summed E-state index contributed by atoms with van der Waals surface area (Å²) >= 11 is 0.771. The monoisotopic (exact) mass is 431 g/mol. The molecule has 4 rings (SSSR count). The molecular weight excluding hydrogens is 415 g/mol. The average Bonchev–Trinajstić information content (AvgIpc) is 3.06. The van der Waals surface area contributed by atoms with Gasteiger partial charge in [-0.1, -0.05) is 12.1 Å². The van der Waals surface area contributed by atoms with Gasteiger partial charge in [0.2, 0.25) is 0 Å². The minimum absolute atomic E-state index is 0.0214. The molecule has 0 bridgehead atoms. The largest absolute Gasteiger partial charge is 0.392 e. The van der Waals surface area contributed by atoms with Crippen LogP contribution in [-0.4, -0.2) is 19.6 Å². The van der Waals surface area contributed by atoms with Crippen LogP contribution < -0.4 is 10.5 Å². The Labute approximate surface area is 173 Å². The van der Waals surface area contributed by atoms with Crippen LogP contribution in [0.3, 0.4) is 0 Å². The molecule has 0 fully saturated rings. The molecule has 6 nitrogen and oxygen atoms in total. The Bertz CT molecular complexity index is 1260. The first-order chi connectivity index (χ1) is 14.4. The number of aromatic nitrogens is 3. The number of aryl methyl sites for hydroxylation is 1. The maximum absolute atomic E-state index is 15.3. The van der Waals surface area contributed by atoms with E-state index in [0.717, 1.165) is 11.9 Å². The van der Waals surface area contributed by atoms with E-state index < -0.39 is 24.1 Å². The molecular formula is C20H16F3N5OS. The Balaban J connectivity index is 1.70. The first-order valence-corrected chi connectivity index (χ1v) is 9.58. The number of halogens is 3. The number of benzene rings is 2. The molecule has 0 saturated heterocycles. The zero-order chi connectivity index (χ0) is 21.4. The molecule has 0 atom stereocenters. The lowest BCUT2D eigenvalue weighted by atomic mass is 10.0. The number of fused-ring (bicyclic) bond motifs is 1. The number of nitrogens with zero attached hydrogens (tertiary/aromatic N) is 3. The zero-order valence-electron chi connectivity index (χ0n) is 15.7. The summed E-state index contributed by atoms with van der Waals surface area (Å²) in [5.41, 5.74) is 7.38. The molecule has 0 spiro atoms. The van der Waals surface area contributed by atoms with Gasteiger partial charge in [-0.2, -0.15) is 0 Å². The highest BCUT2D eigenvalue weighted by Gasteiger charge is 2.18. The number of rotatable bonds is 5. The lowest BCUT2D eigenvalue weighted by molar-refractivity contribution is 0.275. The van der Waals surface area contributed by atoms with Crippen molar-refractivity contribution in [2.24, 2.45) is 7.05 Å². The Kier molecular flexibility index (Phi) is 5.27. The lowest BCUT2D eigenvalue weighted by Gasteiger charge is -2.11. The average molecular weight is 431 g/mol. The molecule has 0 saturated carbocycles. The van der Waals surface area contributed by atoms with E-state index in [1.165, 1.54) is 18.5 Å². The van der Waals surface area contributed by atoms with Crippen molar-refractivity contribution in [3.05, 3.63) is 65.9 Å². The second kappa shape index (κ2) is 7.88. The third kappa shape index (κ3) is 3.44. The predicted molar refractivity (Wildman–Crippen MR) is 110 cm³/mol. The fraction of sp³-hybridized carbons (Fsp3) is 0.100. The highest BCUT2D eigenvalue weighted by Crippen LogP contribution is 2.37. The smallest absolute Gasteiger partial charge is 0.155 e. The molecule has 0 aliphatic rings. The summed E-state index contributed by atoms with van der Waals surface area (Å²) in [6, 6.07) is 6.58. The summed E-state index contributed by atoms with van der Waals surface area (Å²) in [7, 11) is 1.77. The second-order valence-corrected chi connectivity index (χ2v) is 7.36. The van der Waals surface area contributed by atoms with Crippen molar-refractivity contribution in [1.29, 1.82) is 0 Å². The number of hydrogen-bond donors (Lipinski definition) is 3. The number of anilines is 2. The first-order valence-electron chi connectivity index (χ1n) is 8.76. The van der Waals surface area contributed by atoms with Crippen molar-refractivity contribution in [3.63, 3.8) is 0 Å². The van der Waals surface area contributed by atoms with E-state index >= 15 is 4.39 Å². The minimum atomic E-state index is -0.844. The van der Waals surface area contributed by atoms with Crippen LogP contribution in [0.4, 0.5) is 24.7 Å². The van der Waals surface area contributed by atoms with Gasteiger partial charge in [-0.05, 0) is 24.1 Å². The van der Waals surface area contributed by atoms with E-state index in [1.807, 2.05) is 0 Å². The number of aliphatic hydroxyl groups is 1. The van der Waals surface area contributed by atoms with Gasteiger partial charge in [0, 0.05) is 36.0 Å². The van der Waals surface area contributed by atoms with Crippen molar-refractivity contribution in [3.8, 4) is 11.1 Å². The molecule has 0 radical (unpaired) electrons. The van der Waals surface area contributed by atoms with Gasteiger partial charge in [0.1, 0.15) is 29.4 Å². The lowest BCUT2D eigenvalue weighted by Crippen LogP contribution is -1.98. The number of nitrogens with one attached hydrogen (secondary N) is 1. The molecule has 154 valence electrons. The van der Waals surface area contributed by atoms with Crippen LogP contribution in [0.15, 0.2) is 47.8 Å². The Morgan fingerprint density at radius 1 is 1.13 bits per heavy atom. The molecule has 0 aliphatic carbocycles. The second-order valence-electron chi connectivity index (χ2n) is 6.51. The number of nitrogen functional groups attached to an aromatic ring is 1. The zero-order valence-corrected chi connectivity index (χ0v) is 16.5. The van der Waals surface area contributed by atoms with Gasteiger partial charge in [-0.3, -0.25) is 0 Å². The Hall–Kier alpha value is -3.24. The molecule has 2 heterocycles. The molecule has 4 N–H and O–H groups in total. The van der Waals surface area contributed by atoms with E-state index in [2.05, 4.69) is 14.7 Å². The van der Waals surface area contributed by atoms with Crippen molar-refractivity contribution in [1.82, 2.24) is 14.5 Å². The summed E-state index contributed by atoms with van der Waals surface area (Å²) in [5, 5.41) is 9.69. The predicted octanol–water partition coefficient (Wildman–Crippen LogP) is 4.25. The van der Waals surface area contributed by atoms with Crippen LogP contribution in [-0.2, 0) is 13.7 Å². The Morgan fingerprint density at radius 2 is 1.93 bits per heavy atom. The normalized spacial score (nSPS) is 11.2. The molecule has 0 aliphatic heterocycles. The summed E-state index contributed by atoms with van der Waals surface area (Å²) < 4.78 is 47.3. The molecule has 0 amide bonds. The van der Waals surface area contributed by atoms with Crippen molar-refractivity contribution in [2.45, 2.75) is 11.5 Å². The van der Waals surface area contributed by atoms with Crippen molar-refractivity contribution >= 4 is 34.5 Å². The SMILES string of the molecule is Cn1cc(-c2cccc(NSc3cc(CO)c(F)cc3F)c2F)c2c(N)ncnc21. The van der Waals surface area contributed by atoms with Gasteiger partial charge in [0.25, 0.3) is 0 Å². The third-order valence-corrected chi connectivity index (χ3v) is 5.47.